The van der Waals surface area contributed by atoms with Crippen LogP contribution < -0.4 is 0 Å². The summed E-state index contributed by atoms with van der Waals surface area (Å²) in [4.78, 5) is 7.75. The van der Waals surface area contributed by atoms with Crippen LogP contribution in [0.3, 0.4) is 0 Å². The first-order chi connectivity index (χ1) is 9.83. The zero-order valence-corrected chi connectivity index (χ0v) is 14.8. The molecule has 0 N–H and O–H groups in total. The van der Waals surface area contributed by atoms with Gasteiger partial charge in [0, 0.05) is 58.4 Å². The molecular weight excluding hydrogens is 262 g/mol. The van der Waals surface area contributed by atoms with Crippen LogP contribution in [-0.2, 0) is 4.74 Å². The van der Waals surface area contributed by atoms with Crippen molar-refractivity contribution in [3.05, 3.63) is 0 Å². The lowest BCUT2D eigenvalue weighted by Crippen LogP contribution is -2.54. The van der Waals surface area contributed by atoms with Gasteiger partial charge in [-0.1, -0.05) is 20.8 Å². The maximum atomic E-state index is 5.97. The lowest BCUT2D eigenvalue weighted by Gasteiger charge is -2.41. The van der Waals surface area contributed by atoms with Crippen LogP contribution in [0.15, 0.2) is 0 Å². The largest absolute Gasteiger partial charge is 0.374 e. The zero-order valence-electron chi connectivity index (χ0n) is 14.8. The Labute approximate surface area is 131 Å². The fourth-order valence-electron chi connectivity index (χ4n) is 3.41. The van der Waals surface area contributed by atoms with Crippen molar-refractivity contribution < 1.29 is 4.74 Å². The predicted molar refractivity (Wildman–Crippen MR) is 88.8 cm³/mol. The van der Waals surface area contributed by atoms with Gasteiger partial charge in [-0.3, -0.25) is 9.80 Å². The van der Waals surface area contributed by atoms with Gasteiger partial charge in [0.25, 0.3) is 0 Å². The molecule has 4 nitrogen and oxygen atoms in total. The van der Waals surface area contributed by atoms with Gasteiger partial charge in [-0.05, 0) is 19.3 Å². The first-order valence-corrected chi connectivity index (χ1v) is 8.64. The van der Waals surface area contributed by atoms with Gasteiger partial charge in [-0.2, -0.15) is 0 Å². The Morgan fingerprint density at radius 3 is 2.19 bits per heavy atom. The summed E-state index contributed by atoms with van der Waals surface area (Å²) in [5.41, 5.74) is 0.409. The van der Waals surface area contributed by atoms with Crippen LogP contribution in [0.5, 0.6) is 0 Å². The molecule has 0 amide bonds. The number of morpholine rings is 1. The Morgan fingerprint density at radius 2 is 1.62 bits per heavy atom. The third kappa shape index (κ3) is 5.85. The second-order valence-electron chi connectivity index (χ2n) is 8.22. The Morgan fingerprint density at radius 1 is 1.00 bits per heavy atom. The molecule has 2 aliphatic rings. The van der Waals surface area contributed by atoms with E-state index >= 15 is 0 Å². The number of piperazine rings is 1. The highest BCUT2D eigenvalue weighted by Gasteiger charge is 2.26. The fraction of sp³-hybridized carbons (Fsp3) is 1.00. The number of nitrogens with zero attached hydrogens (tertiary/aromatic N) is 3. The molecule has 124 valence electrons. The number of ether oxygens (including phenoxy) is 1. The maximum absolute atomic E-state index is 5.97. The van der Waals surface area contributed by atoms with Crippen molar-refractivity contribution in [3.63, 3.8) is 0 Å². The van der Waals surface area contributed by atoms with Crippen molar-refractivity contribution in [2.75, 3.05) is 59.0 Å². The quantitative estimate of drug-likeness (QED) is 0.787. The highest BCUT2D eigenvalue weighted by molar-refractivity contribution is 4.81. The smallest absolute Gasteiger partial charge is 0.0829 e. The van der Waals surface area contributed by atoms with Crippen LogP contribution in [-0.4, -0.2) is 85.8 Å². The predicted octanol–water partition coefficient (Wildman–Crippen LogP) is 1.76. The zero-order chi connectivity index (χ0) is 15.5. The molecule has 0 radical (unpaired) electrons. The maximum Gasteiger partial charge on any atom is 0.0829 e. The Kier molecular flexibility index (Phi) is 6.06. The first-order valence-electron chi connectivity index (χ1n) is 8.64. The molecule has 0 spiro atoms. The van der Waals surface area contributed by atoms with E-state index in [0.29, 0.717) is 17.6 Å². The van der Waals surface area contributed by atoms with Gasteiger partial charge in [-0.15, -0.1) is 0 Å². The minimum Gasteiger partial charge on any atom is -0.374 e. The molecule has 0 saturated carbocycles. The molecule has 0 unspecified atom stereocenters. The van der Waals surface area contributed by atoms with E-state index in [1.807, 2.05) is 0 Å². The molecule has 1 atom stereocenters. The van der Waals surface area contributed by atoms with Gasteiger partial charge >= 0.3 is 0 Å². The van der Waals surface area contributed by atoms with Crippen LogP contribution in [0, 0.1) is 5.41 Å². The van der Waals surface area contributed by atoms with Crippen LogP contribution in [0.4, 0.5) is 0 Å². The normalized spacial score (nSPS) is 27.4. The summed E-state index contributed by atoms with van der Waals surface area (Å²) in [7, 11) is 0. The highest BCUT2D eigenvalue weighted by atomic mass is 16.5. The molecular formula is C17H35N3O. The van der Waals surface area contributed by atoms with Crippen molar-refractivity contribution in [1.82, 2.24) is 14.7 Å². The Bertz CT molecular complexity index is 306. The number of hydrogen-bond acceptors (Lipinski definition) is 4. The molecule has 0 aliphatic carbocycles. The lowest BCUT2D eigenvalue weighted by atomic mass is 9.96. The summed E-state index contributed by atoms with van der Waals surface area (Å²) >= 11 is 0. The molecule has 2 fully saturated rings. The van der Waals surface area contributed by atoms with Crippen LogP contribution in [0.2, 0.25) is 0 Å². The van der Waals surface area contributed by atoms with Gasteiger partial charge in [0.05, 0.1) is 12.7 Å². The second kappa shape index (κ2) is 7.40. The van der Waals surface area contributed by atoms with Gasteiger partial charge in [-0.25, -0.2) is 0 Å². The minimum atomic E-state index is 0.398. The summed E-state index contributed by atoms with van der Waals surface area (Å²) < 4.78 is 5.97. The van der Waals surface area contributed by atoms with Crippen LogP contribution in [0.25, 0.3) is 0 Å². The number of rotatable bonds is 4. The third-order valence-corrected chi connectivity index (χ3v) is 4.53. The molecule has 2 rings (SSSR count). The molecule has 0 aromatic carbocycles. The van der Waals surface area contributed by atoms with Gasteiger partial charge in [0.2, 0.25) is 0 Å². The summed E-state index contributed by atoms with van der Waals surface area (Å²) in [6.07, 6.45) is 0.398. The van der Waals surface area contributed by atoms with E-state index in [2.05, 4.69) is 49.3 Å². The molecule has 0 bridgehead atoms. The summed E-state index contributed by atoms with van der Waals surface area (Å²) in [5, 5.41) is 0. The summed E-state index contributed by atoms with van der Waals surface area (Å²) in [6.45, 7) is 21.8. The molecule has 21 heavy (non-hydrogen) atoms. The molecule has 0 aromatic heterocycles. The van der Waals surface area contributed by atoms with Crippen LogP contribution >= 0.6 is 0 Å². The van der Waals surface area contributed by atoms with E-state index in [1.54, 1.807) is 0 Å². The van der Waals surface area contributed by atoms with E-state index < -0.39 is 0 Å². The van der Waals surface area contributed by atoms with E-state index in [4.69, 9.17) is 4.74 Å². The van der Waals surface area contributed by atoms with Crippen molar-refractivity contribution in [3.8, 4) is 0 Å². The average Bonchev–Trinajstić information content (AvgIpc) is 2.40. The van der Waals surface area contributed by atoms with Gasteiger partial charge in [0.1, 0.15) is 0 Å². The van der Waals surface area contributed by atoms with E-state index in [0.717, 1.165) is 26.2 Å². The Balaban J connectivity index is 1.71. The average molecular weight is 297 g/mol. The van der Waals surface area contributed by atoms with Crippen molar-refractivity contribution in [1.29, 1.82) is 0 Å². The molecule has 2 heterocycles. The Hall–Kier alpha value is -0.160. The monoisotopic (exact) mass is 297 g/mol. The van der Waals surface area contributed by atoms with E-state index in [9.17, 15) is 0 Å². The topological polar surface area (TPSA) is 19.0 Å². The minimum absolute atomic E-state index is 0.398. The van der Waals surface area contributed by atoms with Crippen LogP contribution in [0.1, 0.15) is 34.6 Å². The molecule has 2 saturated heterocycles. The SMILES string of the molecule is CC(C)N1CCO[C@H](CN2CCN(CC(C)(C)C)CC2)C1. The second-order valence-corrected chi connectivity index (χ2v) is 8.22. The molecule has 2 aliphatic heterocycles. The highest BCUT2D eigenvalue weighted by Crippen LogP contribution is 2.17. The summed E-state index contributed by atoms with van der Waals surface area (Å²) in [5.74, 6) is 0. The van der Waals surface area contributed by atoms with Crippen molar-refractivity contribution in [2.24, 2.45) is 5.41 Å². The van der Waals surface area contributed by atoms with E-state index in [-0.39, 0.29) is 0 Å². The number of hydrogen-bond donors (Lipinski definition) is 0. The fourth-order valence-corrected chi connectivity index (χ4v) is 3.41. The third-order valence-electron chi connectivity index (χ3n) is 4.53. The van der Waals surface area contributed by atoms with Crippen molar-refractivity contribution >= 4 is 0 Å². The molecule has 0 aromatic rings. The van der Waals surface area contributed by atoms with Gasteiger partial charge in [0.15, 0.2) is 0 Å². The summed E-state index contributed by atoms with van der Waals surface area (Å²) in [6, 6.07) is 0.639. The van der Waals surface area contributed by atoms with E-state index in [1.165, 1.54) is 32.7 Å². The van der Waals surface area contributed by atoms with Crippen molar-refractivity contribution in [2.45, 2.75) is 46.8 Å². The standard InChI is InChI=1S/C17H35N3O/c1-15(2)20-10-11-21-16(13-20)12-18-6-8-19(9-7-18)14-17(3,4)5/h15-16H,6-14H2,1-5H3/t16-/m1/s1. The van der Waals surface area contributed by atoms with Gasteiger partial charge < -0.3 is 9.64 Å². The lowest BCUT2D eigenvalue weighted by molar-refractivity contribution is -0.0570. The molecule has 4 heteroatoms. The first kappa shape index (κ1) is 17.2.